The van der Waals surface area contributed by atoms with E-state index in [1.807, 2.05) is 0 Å². The summed E-state index contributed by atoms with van der Waals surface area (Å²) in [7, 11) is 6.13. The highest BCUT2D eigenvalue weighted by Gasteiger charge is 2.24. The minimum Gasteiger partial charge on any atom is -0.493 e. The van der Waals surface area contributed by atoms with E-state index in [-0.39, 0.29) is 12.1 Å². The van der Waals surface area contributed by atoms with Crippen LogP contribution in [-0.2, 0) is 6.54 Å². The van der Waals surface area contributed by atoms with E-state index in [0.717, 1.165) is 0 Å². The van der Waals surface area contributed by atoms with Gasteiger partial charge in [-0.15, -0.1) is 0 Å². The third-order valence-electron chi connectivity index (χ3n) is 5.32. The molecule has 9 heteroatoms. The predicted octanol–water partition coefficient (Wildman–Crippen LogP) is 3.88. The molecule has 0 saturated heterocycles. The highest BCUT2D eigenvalue weighted by atomic mass is 16.5. The van der Waals surface area contributed by atoms with E-state index in [1.54, 1.807) is 60.6 Å². The summed E-state index contributed by atoms with van der Waals surface area (Å²) in [6.07, 6.45) is 3.38. The molecule has 9 nitrogen and oxygen atoms in total. The number of carbonyl (C=O) groups is 1. The van der Waals surface area contributed by atoms with Crippen molar-refractivity contribution >= 4 is 16.9 Å². The van der Waals surface area contributed by atoms with Crippen molar-refractivity contribution in [2.24, 2.45) is 0 Å². The summed E-state index contributed by atoms with van der Waals surface area (Å²) < 4.78 is 23.4. The largest absolute Gasteiger partial charge is 0.493 e. The fourth-order valence-corrected chi connectivity index (χ4v) is 3.83. The molecule has 0 aliphatic carbocycles. The quantitative estimate of drug-likeness (QED) is 0.432. The SMILES string of the molecule is COc1ccc(-c2c(C(=O)O)c(Cn3cccn3)nc3cc(OC)c(OC)cc23)cc1OC. The minimum atomic E-state index is -1.11. The lowest BCUT2D eigenvalue weighted by molar-refractivity contribution is 0.0696. The number of aromatic carboxylic acids is 1. The van der Waals surface area contributed by atoms with Gasteiger partial charge in [0, 0.05) is 29.4 Å². The molecule has 0 atom stereocenters. The number of rotatable bonds is 8. The number of aromatic nitrogens is 3. The molecule has 33 heavy (non-hydrogen) atoms. The van der Waals surface area contributed by atoms with Gasteiger partial charge in [-0.05, 0) is 29.8 Å². The van der Waals surface area contributed by atoms with Crippen LogP contribution in [0.15, 0.2) is 48.8 Å². The Balaban J connectivity index is 2.10. The maximum absolute atomic E-state index is 12.6. The highest BCUT2D eigenvalue weighted by Crippen LogP contribution is 2.41. The van der Waals surface area contributed by atoms with Crippen LogP contribution >= 0.6 is 0 Å². The second-order valence-corrected chi connectivity index (χ2v) is 7.11. The first-order chi connectivity index (χ1) is 16.0. The van der Waals surface area contributed by atoms with E-state index in [1.165, 1.54) is 21.3 Å². The van der Waals surface area contributed by atoms with Crippen LogP contribution in [0.25, 0.3) is 22.0 Å². The van der Waals surface area contributed by atoms with Gasteiger partial charge < -0.3 is 24.1 Å². The molecule has 2 heterocycles. The van der Waals surface area contributed by atoms with Gasteiger partial charge in [0.25, 0.3) is 0 Å². The molecule has 0 amide bonds. The Morgan fingerprint density at radius 3 is 2.21 bits per heavy atom. The number of carboxylic acids is 1. The van der Waals surface area contributed by atoms with Gasteiger partial charge in [-0.3, -0.25) is 4.68 Å². The lowest BCUT2D eigenvalue weighted by Crippen LogP contribution is -2.12. The Bertz CT molecular complexity index is 1320. The molecule has 4 aromatic rings. The second-order valence-electron chi connectivity index (χ2n) is 7.11. The molecule has 0 aliphatic heterocycles. The summed E-state index contributed by atoms with van der Waals surface area (Å²) in [4.78, 5) is 17.2. The molecule has 0 spiro atoms. The zero-order valence-electron chi connectivity index (χ0n) is 18.7. The van der Waals surface area contributed by atoms with Crippen LogP contribution in [0.5, 0.6) is 23.0 Å². The standard InChI is InChI=1S/C24H23N3O6/c1-30-18-7-6-14(10-19(18)31-2)22-15-11-20(32-3)21(33-4)12-16(15)26-17(23(22)24(28)29)13-27-9-5-8-25-27/h5-12H,13H2,1-4H3,(H,28,29). The maximum atomic E-state index is 12.6. The van der Waals surface area contributed by atoms with Crippen LogP contribution in [0.2, 0.25) is 0 Å². The van der Waals surface area contributed by atoms with E-state index >= 15 is 0 Å². The molecule has 4 rings (SSSR count). The number of fused-ring (bicyclic) bond motifs is 1. The van der Waals surface area contributed by atoms with Crippen molar-refractivity contribution < 1.29 is 28.8 Å². The van der Waals surface area contributed by atoms with Crippen molar-refractivity contribution in [2.75, 3.05) is 28.4 Å². The summed E-state index contributed by atoms with van der Waals surface area (Å²) in [5, 5.41) is 15.1. The number of methoxy groups -OCH3 is 4. The van der Waals surface area contributed by atoms with Gasteiger partial charge in [0.1, 0.15) is 0 Å². The highest BCUT2D eigenvalue weighted by molar-refractivity contribution is 6.08. The van der Waals surface area contributed by atoms with Crippen LogP contribution in [0, 0.1) is 0 Å². The van der Waals surface area contributed by atoms with Gasteiger partial charge in [-0.2, -0.15) is 5.10 Å². The average molecular weight is 449 g/mol. The van der Waals surface area contributed by atoms with Crippen LogP contribution in [0.4, 0.5) is 0 Å². The zero-order valence-corrected chi connectivity index (χ0v) is 18.7. The summed E-state index contributed by atoms with van der Waals surface area (Å²) in [5.74, 6) is 0.859. The Kier molecular flexibility index (Phi) is 6.03. The molecular weight excluding hydrogens is 426 g/mol. The number of benzene rings is 2. The number of nitrogens with zero attached hydrogens (tertiary/aromatic N) is 3. The first kappa shape index (κ1) is 21.9. The Hall–Kier alpha value is -4.27. The van der Waals surface area contributed by atoms with Crippen LogP contribution in [0.1, 0.15) is 16.1 Å². The summed E-state index contributed by atoms with van der Waals surface area (Å²) in [5.41, 5.74) is 2.10. The molecular formula is C24H23N3O6. The van der Waals surface area contributed by atoms with E-state index in [2.05, 4.69) is 10.1 Å². The molecule has 2 aromatic carbocycles. The second kappa shape index (κ2) is 9.07. The number of hydrogen-bond donors (Lipinski definition) is 1. The van der Waals surface area contributed by atoms with Crippen LogP contribution in [0.3, 0.4) is 0 Å². The maximum Gasteiger partial charge on any atom is 0.338 e. The van der Waals surface area contributed by atoms with Crippen molar-refractivity contribution in [3.63, 3.8) is 0 Å². The van der Waals surface area contributed by atoms with Crippen molar-refractivity contribution in [1.29, 1.82) is 0 Å². The third kappa shape index (κ3) is 4.00. The Morgan fingerprint density at radius 2 is 1.61 bits per heavy atom. The number of hydrogen-bond acceptors (Lipinski definition) is 7. The van der Waals surface area contributed by atoms with Gasteiger partial charge in [0.05, 0.1) is 51.8 Å². The van der Waals surface area contributed by atoms with Gasteiger partial charge in [-0.1, -0.05) is 6.07 Å². The van der Waals surface area contributed by atoms with Gasteiger partial charge in [0.15, 0.2) is 23.0 Å². The normalized spacial score (nSPS) is 10.8. The smallest absolute Gasteiger partial charge is 0.338 e. The van der Waals surface area contributed by atoms with E-state index in [0.29, 0.717) is 50.7 Å². The van der Waals surface area contributed by atoms with E-state index < -0.39 is 5.97 Å². The molecule has 0 bridgehead atoms. The molecule has 1 N–H and O–H groups in total. The number of ether oxygens (including phenoxy) is 4. The van der Waals surface area contributed by atoms with Crippen LogP contribution in [-0.4, -0.2) is 54.3 Å². The van der Waals surface area contributed by atoms with Gasteiger partial charge in [0.2, 0.25) is 0 Å². The molecule has 170 valence electrons. The Morgan fingerprint density at radius 1 is 0.939 bits per heavy atom. The topological polar surface area (TPSA) is 105 Å². The minimum absolute atomic E-state index is 0.0671. The monoisotopic (exact) mass is 449 g/mol. The average Bonchev–Trinajstić information content (AvgIpc) is 3.34. The lowest BCUT2D eigenvalue weighted by atomic mass is 9.93. The molecule has 0 unspecified atom stereocenters. The zero-order chi connectivity index (χ0) is 23.5. The summed E-state index contributed by atoms with van der Waals surface area (Å²) in [6.45, 7) is 0.180. The van der Waals surface area contributed by atoms with Gasteiger partial charge in [-0.25, -0.2) is 9.78 Å². The van der Waals surface area contributed by atoms with Crippen molar-refractivity contribution in [3.05, 3.63) is 60.0 Å². The Labute approximate surface area is 190 Å². The van der Waals surface area contributed by atoms with E-state index in [9.17, 15) is 9.90 Å². The molecule has 2 aromatic heterocycles. The van der Waals surface area contributed by atoms with E-state index in [4.69, 9.17) is 18.9 Å². The first-order valence-corrected chi connectivity index (χ1v) is 10.0. The van der Waals surface area contributed by atoms with Crippen molar-refractivity contribution in [1.82, 2.24) is 14.8 Å². The lowest BCUT2D eigenvalue weighted by Gasteiger charge is -2.18. The van der Waals surface area contributed by atoms with Gasteiger partial charge >= 0.3 is 5.97 Å². The predicted molar refractivity (Wildman–Crippen MR) is 122 cm³/mol. The third-order valence-corrected chi connectivity index (χ3v) is 5.32. The fraction of sp³-hybridized carbons (Fsp3) is 0.208. The molecule has 0 saturated carbocycles. The summed E-state index contributed by atoms with van der Waals surface area (Å²) >= 11 is 0. The number of carboxylic acid groups (broad SMARTS) is 1. The first-order valence-electron chi connectivity index (χ1n) is 10.0. The summed E-state index contributed by atoms with van der Waals surface area (Å²) in [6, 6.07) is 10.5. The number of pyridine rings is 1. The molecule has 0 aliphatic rings. The molecule has 0 radical (unpaired) electrons. The molecule has 0 fully saturated rings. The van der Waals surface area contributed by atoms with Crippen molar-refractivity contribution in [3.8, 4) is 34.1 Å². The fourth-order valence-electron chi connectivity index (χ4n) is 3.83. The van der Waals surface area contributed by atoms with Crippen molar-refractivity contribution in [2.45, 2.75) is 6.54 Å². The van der Waals surface area contributed by atoms with Crippen LogP contribution < -0.4 is 18.9 Å².